The second-order valence-corrected chi connectivity index (χ2v) is 9.46. The normalized spacial score (nSPS) is 14.4. The highest BCUT2D eigenvalue weighted by atomic mass is 35.5. The van der Waals surface area contributed by atoms with Crippen LogP contribution in [0, 0.1) is 10.1 Å². The van der Waals surface area contributed by atoms with E-state index < -0.39 is 20.9 Å². The minimum atomic E-state index is -3.97. The smallest absolute Gasteiger partial charge is 0.273 e. The second-order valence-electron chi connectivity index (χ2n) is 6.96. The van der Waals surface area contributed by atoms with Gasteiger partial charge >= 0.3 is 0 Å². The van der Waals surface area contributed by atoms with Gasteiger partial charge in [0.25, 0.3) is 11.6 Å². The van der Waals surface area contributed by atoms with Crippen molar-refractivity contribution in [2.24, 2.45) is 0 Å². The van der Waals surface area contributed by atoms with Gasteiger partial charge in [-0.15, -0.1) is 0 Å². The predicted molar refractivity (Wildman–Crippen MR) is 117 cm³/mol. The van der Waals surface area contributed by atoms with Crippen LogP contribution in [0.1, 0.15) is 36.0 Å². The number of rotatable bonds is 7. The Morgan fingerprint density at radius 1 is 1.16 bits per heavy atom. The number of methoxy groups -OCH3 is 1. The Labute approximate surface area is 188 Å². The summed E-state index contributed by atoms with van der Waals surface area (Å²) in [6.07, 6.45) is 3.34. The van der Waals surface area contributed by atoms with Crippen molar-refractivity contribution in [2.75, 3.05) is 12.4 Å². The van der Waals surface area contributed by atoms with Gasteiger partial charge in [-0.25, -0.2) is 13.1 Å². The van der Waals surface area contributed by atoms with E-state index in [0.29, 0.717) is 0 Å². The van der Waals surface area contributed by atoms with Crippen molar-refractivity contribution >= 4 is 50.5 Å². The molecule has 1 fully saturated rings. The first kappa shape index (κ1) is 23.3. The SMILES string of the molecule is COc1cc([N+](=O)[O-])ccc1NC(=O)c1cc(S(=O)(=O)NC2CCCC2)c(Cl)cc1Cl. The summed E-state index contributed by atoms with van der Waals surface area (Å²) < 4.78 is 33.3. The number of nitrogens with one attached hydrogen (secondary N) is 2. The van der Waals surface area contributed by atoms with Crippen LogP contribution in [0.5, 0.6) is 5.75 Å². The lowest BCUT2D eigenvalue weighted by Gasteiger charge is -2.15. The molecule has 0 spiro atoms. The molecule has 0 bridgehead atoms. The van der Waals surface area contributed by atoms with E-state index in [1.165, 1.54) is 25.3 Å². The third kappa shape index (κ3) is 5.27. The summed E-state index contributed by atoms with van der Waals surface area (Å²) in [7, 11) is -2.67. The average Bonchev–Trinajstić information content (AvgIpc) is 3.20. The van der Waals surface area contributed by atoms with E-state index >= 15 is 0 Å². The molecule has 0 heterocycles. The highest BCUT2D eigenvalue weighted by Crippen LogP contribution is 2.33. The van der Waals surface area contributed by atoms with Crippen molar-refractivity contribution in [3.8, 4) is 5.75 Å². The molecule has 0 radical (unpaired) electrons. The maximum Gasteiger partial charge on any atom is 0.273 e. The second kappa shape index (κ2) is 9.39. The third-order valence-corrected chi connectivity index (χ3v) is 7.17. The van der Waals surface area contributed by atoms with Crippen molar-refractivity contribution in [2.45, 2.75) is 36.6 Å². The number of nitrogens with zero attached hydrogens (tertiary/aromatic N) is 1. The molecule has 3 rings (SSSR count). The molecular weight excluding hydrogens is 469 g/mol. The standard InChI is InChI=1S/C19H19Cl2N3O6S/c1-30-17-8-12(24(26)27)6-7-16(17)22-19(25)13-9-18(15(21)10-14(13)20)31(28,29)23-11-4-2-3-5-11/h6-11,23H,2-5H2,1H3,(H,22,25). The molecule has 2 aromatic carbocycles. The highest BCUT2D eigenvalue weighted by molar-refractivity contribution is 7.89. The first-order chi connectivity index (χ1) is 14.6. The zero-order valence-corrected chi connectivity index (χ0v) is 18.7. The minimum absolute atomic E-state index is 0.0526. The molecule has 2 N–H and O–H groups in total. The summed E-state index contributed by atoms with van der Waals surface area (Å²) in [5, 5.41) is 13.3. The van der Waals surface area contributed by atoms with Crippen molar-refractivity contribution in [1.82, 2.24) is 4.72 Å². The summed E-state index contributed by atoms with van der Waals surface area (Å²) in [6, 6.07) is 5.77. The number of hydrogen-bond donors (Lipinski definition) is 2. The van der Waals surface area contributed by atoms with Crippen LogP contribution >= 0.6 is 23.2 Å². The molecule has 0 aromatic heterocycles. The lowest BCUT2D eigenvalue weighted by Crippen LogP contribution is -2.33. The van der Waals surface area contributed by atoms with Gasteiger partial charge in [-0.3, -0.25) is 14.9 Å². The van der Waals surface area contributed by atoms with Gasteiger partial charge in [-0.05, 0) is 31.0 Å². The Morgan fingerprint density at radius 3 is 2.45 bits per heavy atom. The molecule has 12 heteroatoms. The topological polar surface area (TPSA) is 128 Å². The largest absolute Gasteiger partial charge is 0.494 e. The number of nitro groups is 1. The van der Waals surface area contributed by atoms with Crippen LogP contribution in [0.4, 0.5) is 11.4 Å². The van der Waals surface area contributed by atoms with Crippen LogP contribution in [0.2, 0.25) is 10.0 Å². The third-order valence-electron chi connectivity index (χ3n) is 4.88. The first-order valence-electron chi connectivity index (χ1n) is 9.27. The molecule has 0 saturated heterocycles. The maximum atomic E-state index is 12.8. The number of ether oxygens (including phenoxy) is 1. The van der Waals surface area contributed by atoms with E-state index in [0.717, 1.165) is 37.8 Å². The summed E-state index contributed by atoms with van der Waals surface area (Å²) in [6.45, 7) is 0. The molecule has 31 heavy (non-hydrogen) atoms. The molecule has 1 amide bonds. The lowest BCUT2D eigenvalue weighted by molar-refractivity contribution is -0.384. The number of carbonyl (C=O) groups excluding carboxylic acids is 1. The zero-order valence-electron chi connectivity index (χ0n) is 16.4. The molecule has 9 nitrogen and oxygen atoms in total. The number of benzene rings is 2. The van der Waals surface area contributed by atoms with Crippen LogP contribution in [-0.4, -0.2) is 32.4 Å². The summed E-state index contributed by atoms with van der Waals surface area (Å²) in [5.41, 5.74) is -0.193. The van der Waals surface area contributed by atoms with Crippen molar-refractivity contribution < 1.29 is 22.9 Å². The van der Waals surface area contributed by atoms with Gasteiger partial charge in [-0.2, -0.15) is 0 Å². The fourth-order valence-corrected chi connectivity index (χ4v) is 5.49. The Kier molecular flexibility index (Phi) is 7.05. The molecule has 1 saturated carbocycles. The number of anilines is 1. The van der Waals surface area contributed by atoms with Crippen molar-refractivity contribution in [1.29, 1.82) is 0 Å². The molecule has 166 valence electrons. The molecular formula is C19H19Cl2N3O6S. The van der Waals surface area contributed by atoms with Gasteiger partial charge in [0.15, 0.2) is 0 Å². The van der Waals surface area contributed by atoms with Gasteiger partial charge in [0.1, 0.15) is 10.6 Å². The van der Waals surface area contributed by atoms with Gasteiger partial charge in [-0.1, -0.05) is 36.0 Å². The van der Waals surface area contributed by atoms with Crippen LogP contribution < -0.4 is 14.8 Å². The summed E-state index contributed by atoms with van der Waals surface area (Å²) in [5.74, 6) is -0.672. The van der Waals surface area contributed by atoms with Crippen LogP contribution in [0.25, 0.3) is 0 Å². The van der Waals surface area contributed by atoms with Gasteiger partial charge in [0.2, 0.25) is 10.0 Å². The highest BCUT2D eigenvalue weighted by Gasteiger charge is 2.27. The zero-order chi connectivity index (χ0) is 22.8. The monoisotopic (exact) mass is 487 g/mol. The predicted octanol–water partition coefficient (Wildman–Crippen LogP) is 4.38. The van der Waals surface area contributed by atoms with Crippen molar-refractivity contribution in [3.63, 3.8) is 0 Å². The van der Waals surface area contributed by atoms with Gasteiger partial charge in [0, 0.05) is 12.1 Å². The number of halogens is 2. The first-order valence-corrected chi connectivity index (χ1v) is 11.5. The minimum Gasteiger partial charge on any atom is -0.494 e. The number of carbonyl (C=O) groups is 1. The molecule has 1 aliphatic carbocycles. The number of amides is 1. The van der Waals surface area contributed by atoms with Crippen LogP contribution in [-0.2, 0) is 10.0 Å². The molecule has 0 atom stereocenters. The van der Waals surface area contributed by atoms with Gasteiger partial charge < -0.3 is 10.1 Å². The number of sulfonamides is 1. The Bertz CT molecular complexity index is 1130. The fraction of sp³-hybridized carbons (Fsp3) is 0.316. The van der Waals surface area contributed by atoms with E-state index in [1.54, 1.807) is 0 Å². The van der Waals surface area contributed by atoms with Crippen LogP contribution in [0.15, 0.2) is 35.2 Å². The number of non-ortho nitro benzene ring substituents is 1. The summed E-state index contributed by atoms with van der Waals surface area (Å²) in [4.78, 5) is 22.9. The van der Waals surface area contributed by atoms with Crippen LogP contribution in [0.3, 0.4) is 0 Å². The van der Waals surface area contributed by atoms with E-state index in [1.807, 2.05) is 0 Å². The van der Waals surface area contributed by atoms with Gasteiger partial charge in [0.05, 0.1) is 39.4 Å². The number of nitro benzene ring substituents is 1. The number of hydrogen-bond acceptors (Lipinski definition) is 6. The Balaban J connectivity index is 1.91. The average molecular weight is 488 g/mol. The fourth-order valence-electron chi connectivity index (χ4n) is 3.32. The van der Waals surface area contributed by atoms with E-state index in [4.69, 9.17) is 27.9 Å². The molecule has 0 aliphatic heterocycles. The maximum absolute atomic E-state index is 12.8. The molecule has 1 aliphatic rings. The molecule has 2 aromatic rings. The Hall–Kier alpha value is -2.40. The summed E-state index contributed by atoms with van der Waals surface area (Å²) >= 11 is 12.3. The van der Waals surface area contributed by atoms with E-state index in [9.17, 15) is 23.3 Å². The lowest BCUT2D eigenvalue weighted by atomic mass is 10.2. The quantitative estimate of drug-likeness (QED) is 0.440. The van der Waals surface area contributed by atoms with E-state index in [2.05, 4.69) is 10.0 Å². The van der Waals surface area contributed by atoms with E-state index in [-0.39, 0.29) is 43.7 Å². The Morgan fingerprint density at radius 2 is 1.84 bits per heavy atom. The van der Waals surface area contributed by atoms with Crippen molar-refractivity contribution in [3.05, 3.63) is 56.1 Å². The molecule has 0 unspecified atom stereocenters.